The third-order valence-corrected chi connectivity index (χ3v) is 8.74. The van der Waals surface area contributed by atoms with E-state index in [1.54, 1.807) is 0 Å². The highest BCUT2D eigenvalue weighted by molar-refractivity contribution is 5.79. The minimum atomic E-state index is 0.107. The summed E-state index contributed by atoms with van der Waals surface area (Å²) in [5.74, 6) is 0.814. The van der Waals surface area contributed by atoms with Gasteiger partial charge in [0.05, 0.1) is 6.04 Å². The van der Waals surface area contributed by atoms with Gasteiger partial charge in [-0.25, -0.2) is 5.43 Å². The zero-order chi connectivity index (χ0) is 23.1. The zero-order valence-electron chi connectivity index (χ0n) is 20.2. The molecule has 2 saturated heterocycles. The van der Waals surface area contributed by atoms with Gasteiger partial charge in [-0.05, 0) is 93.2 Å². The van der Waals surface area contributed by atoms with E-state index in [-0.39, 0.29) is 23.9 Å². The average molecular weight is 460 g/mol. The monoisotopic (exact) mass is 459 g/mol. The van der Waals surface area contributed by atoms with Crippen molar-refractivity contribution in [1.29, 1.82) is 0 Å². The Morgan fingerprint density at radius 2 is 2.03 bits per heavy atom. The van der Waals surface area contributed by atoms with Gasteiger partial charge in [0.25, 0.3) is 0 Å². The first kappa shape index (κ1) is 22.2. The number of carbonyl (C=O) groups is 1. The summed E-state index contributed by atoms with van der Waals surface area (Å²) in [6, 6.07) is 14.7. The largest absolute Gasteiger partial charge is 0.352 e. The van der Waals surface area contributed by atoms with E-state index in [1.165, 1.54) is 29.5 Å². The van der Waals surface area contributed by atoms with Crippen LogP contribution in [0.15, 0.2) is 42.6 Å². The van der Waals surface area contributed by atoms with Gasteiger partial charge in [-0.1, -0.05) is 24.3 Å². The van der Waals surface area contributed by atoms with Crippen LogP contribution in [0.4, 0.5) is 0 Å². The third kappa shape index (κ3) is 4.28. The molecule has 1 aromatic heterocycles. The topological polar surface area (TPSA) is 69.3 Å². The number of hydrogen-bond acceptors (Lipinski definition) is 5. The quantitative estimate of drug-likeness (QED) is 0.652. The summed E-state index contributed by atoms with van der Waals surface area (Å²) in [5.41, 5.74) is 12.3. The summed E-state index contributed by atoms with van der Waals surface area (Å²) >= 11 is 0. The van der Waals surface area contributed by atoms with Gasteiger partial charge in [0.1, 0.15) is 0 Å². The molecule has 2 aliphatic heterocycles. The lowest BCUT2D eigenvalue weighted by atomic mass is 9.74. The smallest absolute Gasteiger partial charge is 0.223 e. The number of benzene rings is 1. The molecule has 6 nitrogen and oxygen atoms in total. The molecule has 2 aliphatic carbocycles. The molecule has 0 bridgehead atoms. The second-order valence-corrected chi connectivity index (χ2v) is 10.9. The summed E-state index contributed by atoms with van der Waals surface area (Å²) in [4.78, 5) is 20.4. The van der Waals surface area contributed by atoms with Gasteiger partial charge in [-0.3, -0.25) is 20.1 Å². The maximum absolute atomic E-state index is 13.4. The van der Waals surface area contributed by atoms with Crippen LogP contribution in [0.25, 0.3) is 0 Å². The number of hydrazine groups is 1. The Hall–Kier alpha value is -2.28. The molecule has 6 atom stereocenters. The minimum Gasteiger partial charge on any atom is -0.352 e. The molecule has 0 spiro atoms. The first-order chi connectivity index (χ1) is 16.7. The van der Waals surface area contributed by atoms with Crippen LogP contribution in [0.3, 0.4) is 0 Å². The number of nitrogens with zero attached hydrogens (tertiary/aromatic N) is 2. The lowest BCUT2D eigenvalue weighted by Gasteiger charge is -2.38. The van der Waals surface area contributed by atoms with Crippen molar-refractivity contribution in [1.82, 2.24) is 26.1 Å². The second kappa shape index (κ2) is 9.40. The molecule has 0 radical (unpaired) electrons. The Morgan fingerprint density at radius 1 is 1.12 bits per heavy atom. The van der Waals surface area contributed by atoms with E-state index in [1.807, 2.05) is 13.1 Å². The molecular weight excluding hydrogens is 422 g/mol. The molecule has 6 rings (SSSR count). The highest BCUT2D eigenvalue weighted by atomic mass is 16.2. The van der Waals surface area contributed by atoms with Crippen molar-refractivity contribution in [2.45, 2.75) is 76.0 Å². The van der Waals surface area contributed by atoms with Gasteiger partial charge in [-0.15, -0.1) is 0 Å². The molecular formula is C28H37N5O. The molecule has 4 aliphatic rings. The molecule has 3 fully saturated rings. The molecule has 34 heavy (non-hydrogen) atoms. The zero-order valence-corrected chi connectivity index (χ0v) is 20.2. The van der Waals surface area contributed by atoms with Crippen molar-refractivity contribution in [2.75, 3.05) is 13.1 Å². The second-order valence-electron chi connectivity index (χ2n) is 10.9. The SMILES string of the molecule is Cc1cc(C2NNC3CCC(C(=O)N[C@@H]4CCCN(C5CCc6ccccc65)C4)CC32)ccn1. The van der Waals surface area contributed by atoms with E-state index in [9.17, 15) is 4.79 Å². The fraction of sp³-hybridized carbons (Fsp3) is 0.571. The maximum atomic E-state index is 13.4. The molecule has 6 heteroatoms. The molecule has 3 N–H and O–H groups in total. The van der Waals surface area contributed by atoms with E-state index in [0.29, 0.717) is 18.0 Å². The molecule has 180 valence electrons. The van der Waals surface area contributed by atoms with Crippen molar-refractivity contribution in [3.8, 4) is 0 Å². The van der Waals surface area contributed by atoms with Crippen LogP contribution in [0.1, 0.15) is 73.0 Å². The number of amides is 1. The highest BCUT2D eigenvalue weighted by Crippen LogP contribution is 2.41. The number of pyridine rings is 1. The fourth-order valence-corrected chi connectivity index (χ4v) is 7.03. The van der Waals surface area contributed by atoms with Gasteiger partial charge in [0.2, 0.25) is 5.91 Å². The fourth-order valence-electron chi connectivity index (χ4n) is 7.03. The van der Waals surface area contributed by atoms with Gasteiger partial charge >= 0.3 is 0 Å². The summed E-state index contributed by atoms with van der Waals surface area (Å²) < 4.78 is 0. The lowest BCUT2D eigenvalue weighted by molar-refractivity contribution is -0.127. The van der Waals surface area contributed by atoms with Crippen LogP contribution in [0.5, 0.6) is 0 Å². The van der Waals surface area contributed by atoms with E-state index >= 15 is 0 Å². The molecule has 1 saturated carbocycles. The Bertz CT molecular complexity index is 1040. The number of fused-ring (bicyclic) bond motifs is 2. The predicted octanol–water partition coefficient (Wildman–Crippen LogP) is 3.59. The van der Waals surface area contributed by atoms with E-state index in [4.69, 9.17) is 0 Å². The normalized spacial score (nSPS) is 33.3. The first-order valence-corrected chi connectivity index (χ1v) is 13.2. The van der Waals surface area contributed by atoms with Crippen LogP contribution in [-0.4, -0.2) is 41.0 Å². The van der Waals surface area contributed by atoms with E-state index in [2.05, 4.69) is 62.5 Å². The Morgan fingerprint density at radius 3 is 2.94 bits per heavy atom. The summed E-state index contributed by atoms with van der Waals surface area (Å²) in [7, 11) is 0. The standard InChI is InChI=1S/C28H37N5O/c1-18-15-20(12-13-29-18)27-24-16-21(8-10-25(24)31-32-27)28(34)30-22-6-4-14-33(17-22)26-11-9-19-5-2-3-7-23(19)26/h2-3,5,7,12-13,15,21-22,24-27,31-32H,4,6,8-11,14,16-17H2,1H3,(H,30,34)/t21?,22-,24?,25?,26?,27?/m1/s1. The van der Waals surface area contributed by atoms with Crippen LogP contribution in [0.2, 0.25) is 0 Å². The summed E-state index contributed by atoms with van der Waals surface area (Å²) in [5, 5.41) is 3.48. The van der Waals surface area contributed by atoms with E-state index < -0.39 is 0 Å². The number of aromatic nitrogens is 1. The number of hydrogen-bond donors (Lipinski definition) is 3. The van der Waals surface area contributed by atoms with Crippen molar-refractivity contribution >= 4 is 5.91 Å². The molecule has 1 amide bonds. The van der Waals surface area contributed by atoms with Crippen molar-refractivity contribution in [2.24, 2.45) is 11.8 Å². The predicted molar refractivity (Wildman–Crippen MR) is 133 cm³/mol. The number of rotatable bonds is 4. The van der Waals surface area contributed by atoms with Crippen molar-refractivity contribution in [3.63, 3.8) is 0 Å². The van der Waals surface area contributed by atoms with Gasteiger partial charge in [-0.2, -0.15) is 0 Å². The summed E-state index contributed by atoms with van der Waals surface area (Å²) in [6.07, 6.45) is 9.50. The third-order valence-electron chi connectivity index (χ3n) is 8.74. The van der Waals surface area contributed by atoms with Crippen LogP contribution >= 0.6 is 0 Å². The van der Waals surface area contributed by atoms with Crippen molar-refractivity contribution in [3.05, 3.63) is 65.0 Å². The minimum absolute atomic E-state index is 0.107. The molecule has 5 unspecified atom stereocenters. The molecule has 2 aromatic rings. The number of likely N-dealkylation sites (tertiary alicyclic amines) is 1. The average Bonchev–Trinajstić information content (AvgIpc) is 3.48. The Kier molecular flexibility index (Phi) is 6.14. The molecule has 3 heterocycles. The highest BCUT2D eigenvalue weighted by Gasteiger charge is 2.43. The lowest BCUT2D eigenvalue weighted by Crippen LogP contribution is -2.50. The molecule has 1 aromatic carbocycles. The van der Waals surface area contributed by atoms with Gasteiger partial charge in [0, 0.05) is 42.5 Å². The summed E-state index contributed by atoms with van der Waals surface area (Å²) in [6.45, 7) is 4.16. The van der Waals surface area contributed by atoms with Crippen LogP contribution < -0.4 is 16.2 Å². The number of piperidine rings is 1. The number of carbonyl (C=O) groups excluding carboxylic acids is 1. The van der Waals surface area contributed by atoms with Crippen LogP contribution in [0, 0.1) is 18.8 Å². The number of aryl methyl sites for hydroxylation is 2. The van der Waals surface area contributed by atoms with Crippen molar-refractivity contribution < 1.29 is 4.79 Å². The number of nitrogens with one attached hydrogen (secondary N) is 3. The maximum Gasteiger partial charge on any atom is 0.223 e. The Labute approximate surface area is 202 Å². The van der Waals surface area contributed by atoms with E-state index in [0.717, 1.165) is 50.9 Å². The van der Waals surface area contributed by atoms with Crippen LogP contribution in [-0.2, 0) is 11.2 Å². The first-order valence-electron chi connectivity index (χ1n) is 13.2. The van der Waals surface area contributed by atoms with Gasteiger partial charge in [0.15, 0.2) is 0 Å². The Balaban J connectivity index is 1.08. The van der Waals surface area contributed by atoms with Gasteiger partial charge < -0.3 is 5.32 Å².